The molecule has 2 saturated heterocycles. The Hall–Kier alpha value is -0.910. The Morgan fingerprint density at radius 1 is 1.38 bits per heavy atom. The van der Waals surface area contributed by atoms with Gasteiger partial charge in [-0.05, 0) is 32.6 Å². The van der Waals surface area contributed by atoms with Gasteiger partial charge in [0.2, 0.25) is 0 Å². The van der Waals surface area contributed by atoms with Gasteiger partial charge in [0.1, 0.15) is 0 Å². The molecule has 0 aliphatic carbocycles. The molecule has 0 aromatic carbocycles. The molecule has 2 aliphatic rings. The Labute approximate surface area is 131 Å². The smallest absolute Gasteiger partial charge is 0.409 e. The fraction of sp³-hybridized carbons (Fsp3) is 0.867. The van der Waals surface area contributed by atoms with Crippen LogP contribution in [0.5, 0.6) is 0 Å². The molecular formula is C15H27N3O2S. The van der Waals surface area contributed by atoms with Crippen LogP contribution in [-0.4, -0.2) is 53.2 Å². The second-order valence-electron chi connectivity index (χ2n) is 5.75. The summed E-state index contributed by atoms with van der Waals surface area (Å²) in [5, 5.41) is 4.70. The molecule has 2 heterocycles. The molecule has 0 aromatic rings. The lowest BCUT2D eigenvalue weighted by atomic mass is 9.96. The van der Waals surface area contributed by atoms with E-state index >= 15 is 0 Å². The fourth-order valence-corrected chi connectivity index (χ4v) is 4.17. The third kappa shape index (κ3) is 4.05. The molecule has 1 N–H and O–H groups in total. The minimum atomic E-state index is -0.187. The summed E-state index contributed by atoms with van der Waals surface area (Å²) >= 11 is 1.84. The second-order valence-corrected chi connectivity index (χ2v) is 6.72. The van der Waals surface area contributed by atoms with Gasteiger partial charge in [-0.15, -0.1) is 0 Å². The summed E-state index contributed by atoms with van der Waals surface area (Å²) in [4.78, 5) is 18.3. The lowest BCUT2D eigenvalue weighted by Gasteiger charge is -2.30. The summed E-state index contributed by atoms with van der Waals surface area (Å²) in [6, 6.07) is 0.329. The van der Waals surface area contributed by atoms with Crippen molar-refractivity contribution in [2.45, 2.75) is 58.0 Å². The number of likely N-dealkylation sites (tertiary alicyclic amines) is 1. The molecule has 2 fully saturated rings. The molecule has 0 spiro atoms. The van der Waals surface area contributed by atoms with Gasteiger partial charge >= 0.3 is 6.09 Å². The highest BCUT2D eigenvalue weighted by Crippen LogP contribution is 2.29. The molecule has 5 nitrogen and oxygen atoms in total. The Morgan fingerprint density at radius 3 is 2.57 bits per heavy atom. The quantitative estimate of drug-likeness (QED) is 0.867. The maximum Gasteiger partial charge on any atom is 0.409 e. The molecular weight excluding hydrogens is 286 g/mol. The first-order valence-electron chi connectivity index (χ1n) is 8.03. The minimum Gasteiger partial charge on any atom is -0.450 e. The van der Waals surface area contributed by atoms with Gasteiger partial charge in [-0.25, -0.2) is 4.79 Å². The Balaban J connectivity index is 1.84. The van der Waals surface area contributed by atoms with E-state index in [-0.39, 0.29) is 11.6 Å². The first kappa shape index (κ1) is 16.5. The summed E-state index contributed by atoms with van der Waals surface area (Å²) in [6.45, 7) is 8.25. The van der Waals surface area contributed by atoms with Crippen LogP contribution in [-0.2, 0) is 4.74 Å². The van der Waals surface area contributed by atoms with E-state index in [1.165, 1.54) is 0 Å². The van der Waals surface area contributed by atoms with E-state index in [0.29, 0.717) is 12.6 Å². The lowest BCUT2D eigenvalue weighted by molar-refractivity contribution is 0.0975. The van der Waals surface area contributed by atoms with Gasteiger partial charge in [-0.3, -0.25) is 4.99 Å². The number of amides is 1. The number of carbonyl (C=O) groups is 1. The maximum absolute atomic E-state index is 11.7. The molecule has 2 rings (SSSR count). The second kappa shape index (κ2) is 7.38. The number of hydrogen-bond acceptors (Lipinski definition) is 4. The third-order valence-corrected chi connectivity index (χ3v) is 5.68. The zero-order chi connectivity index (χ0) is 15.3. The van der Waals surface area contributed by atoms with Crippen molar-refractivity contribution in [1.29, 1.82) is 0 Å². The van der Waals surface area contributed by atoms with Gasteiger partial charge in [-0.1, -0.05) is 25.6 Å². The highest BCUT2D eigenvalue weighted by Gasteiger charge is 2.34. The number of carbonyl (C=O) groups excluding carboxylic acids is 1. The van der Waals surface area contributed by atoms with Crippen LogP contribution in [0.4, 0.5) is 4.79 Å². The normalized spacial score (nSPS) is 24.1. The van der Waals surface area contributed by atoms with Crippen molar-refractivity contribution in [3.05, 3.63) is 0 Å². The number of nitrogens with one attached hydrogen (secondary N) is 1. The van der Waals surface area contributed by atoms with E-state index < -0.39 is 0 Å². The molecule has 120 valence electrons. The number of aliphatic imine (C=N–C) groups is 1. The van der Waals surface area contributed by atoms with Crippen molar-refractivity contribution in [3.8, 4) is 0 Å². The van der Waals surface area contributed by atoms with Crippen LogP contribution in [0, 0.1) is 0 Å². The van der Waals surface area contributed by atoms with Gasteiger partial charge in [0.15, 0.2) is 5.17 Å². The molecule has 2 aliphatic heterocycles. The highest BCUT2D eigenvalue weighted by molar-refractivity contribution is 8.14. The topological polar surface area (TPSA) is 53.9 Å². The molecule has 0 unspecified atom stereocenters. The largest absolute Gasteiger partial charge is 0.450 e. The van der Waals surface area contributed by atoms with E-state index in [0.717, 1.165) is 49.7 Å². The first-order chi connectivity index (χ1) is 10.1. The third-order valence-electron chi connectivity index (χ3n) is 4.50. The summed E-state index contributed by atoms with van der Waals surface area (Å²) < 4.78 is 5.04. The van der Waals surface area contributed by atoms with Crippen molar-refractivity contribution < 1.29 is 9.53 Å². The highest BCUT2D eigenvalue weighted by atomic mass is 32.2. The SMILES string of the molecule is CCOC(=O)N1CCC(N=C2NC(CC)(CC)CS2)CC1. The molecule has 0 bridgehead atoms. The Bertz CT molecular complexity index is 388. The van der Waals surface area contributed by atoms with E-state index in [1.807, 2.05) is 18.7 Å². The molecule has 0 radical (unpaired) electrons. The maximum atomic E-state index is 11.7. The number of amidine groups is 1. The number of hydrogen-bond donors (Lipinski definition) is 1. The van der Waals surface area contributed by atoms with Crippen LogP contribution in [0.1, 0.15) is 46.5 Å². The lowest BCUT2D eigenvalue weighted by Crippen LogP contribution is -2.43. The van der Waals surface area contributed by atoms with Crippen molar-refractivity contribution in [3.63, 3.8) is 0 Å². The number of rotatable bonds is 4. The van der Waals surface area contributed by atoms with Crippen LogP contribution in [0.25, 0.3) is 0 Å². The zero-order valence-electron chi connectivity index (χ0n) is 13.4. The van der Waals surface area contributed by atoms with Crippen molar-refractivity contribution in [2.75, 3.05) is 25.4 Å². The van der Waals surface area contributed by atoms with Crippen molar-refractivity contribution in [2.24, 2.45) is 4.99 Å². The van der Waals surface area contributed by atoms with Crippen molar-refractivity contribution >= 4 is 23.0 Å². The van der Waals surface area contributed by atoms with Crippen LogP contribution in [0.2, 0.25) is 0 Å². The molecule has 0 saturated carbocycles. The Morgan fingerprint density at radius 2 is 2.05 bits per heavy atom. The fourth-order valence-electron chi connectivity index (χ4n) is 2.76. The first-order valence-corrected chi connectivity index (χ1v) is 9.01. The number of ether oxygens (including phenoxy) is 1. The Kier molecular flexibility index (Phi) is 5.79. The monoisotopic (exact) mass is 313 g/mol. The summed E-state index contributed by atoms with van der Waals surface area (Å²) in [6.07, 6.45) is 3.94. The molecule has 21 heavy (non-hydrogen) atoms. The summed E-state index contributed by atoms with van der Waals surface area (Å²) in [5.41, 5.74) is 0.231. The van der Waals surface area contributed by atoms with E-state index in [1.54, 1.807) is 4.90 Å². The average molecular weight is 313 g/mol. The van der Waals surface area contributed by atoms with Gasteiger partial charge in [0.05, 0.1) is 12.6 Å². The minimum absolute atomic E-state index is 0.187. The number of piperidine rings is 1. The van der Waals surface area contributed by atoms with Crippen LogP contribution in [0.15, 0.2) is 4.99 Å². The van der Waals surface area contributed by atoms with Crippen LogP contribution in [0.3, 0.4) is 0 Å². The van der Waals surface area contributed by atoms with Crippen LogP contribution < -0.4 is 5.32 Å². The van der Waals surface area contributed by atoms with Crippen LogP contribution >= 0.6 is 11.8 Å². The van der Waals surface area contributed by atoms with Gasteiger partial charge in [0.25, 0.3) is 0 Å². The van der Waals surface area contributed by atoms with E-state index in [2.05, 4.69) is 19.2 Å². The van der Waals surface area contributed by atoms with Gasteiger partial charge in [0, 0.05) is 24.4 Å². The van der Waals surface area contributed by atoms with Gasteiger partial charge in [-0.2, -0.15) is 0 Å². The summed E-state index contributed by atoms with van der Waals surface area (Å²) in [7, 11) is 0. The van der Waals surface area contributed by atoms with E-state index in [9.17, 15) is 4.79 Å². The summed E-state index contributed by atoms with van der Waals surface area (Å²) in [5.74, 6) is 1.11. The molecule has 0 aromatic heterocycles. The zero-order valence-corrected chi connectivity index (χ0v) is 14.2. The predicted octanol–water partition coefficient (Wildman–Crippen LogP) is 2.86. The molecule has 1 amide bonds. The number of thioether (sulfide) groups is 1. The van der Waals surface area contributed by atoms with Crippen molar-refractivity contribution in [1.82, 2.24) is 10.2 Å². The number of nitrogens with zero attached hydrogens (tertiary/aromatic N) is 2. The molecule has 0 atom stereocenters. The predicted molar refractivity (Wildman–Crippen MR) is 88.0 cm³/mol. The average Bonchev–Trinajstić information content (AvgIpc) is 2.92. The molecule has 6 heteroatoms. The van der Waals surface area contributed by atoms with E-state index in [4.69, 9.17) is 9.73 Å². The standard InChI is InChI=1S/C15H27N3O2S/c1-4-15(5-2)11-21-13(17-15)16-12-7-9-18(10-8-12)14(19)20-6-3/h12H,4-11H2,1-3H3,(H,16,17). The van der Waals surface area contributed by atoms with Gasteiger partial charge < -0.3 is 15.0 Å².